The highest BCUT2D eigenvalue weighted by molar-refractivity contribution is 4.76. The third kappa shape index (κ3) is 6.36. The van der Waals surface area contributed by atoms with E-state index in [0.29, 0.717) is 12.6 Å². The molecule has 0 bridgehead atoms. The van der Waals surface area contributed by atoms with Gasteiger partial charge in [-0.1, -0.05) is 13.8 Å². The van der Waals surface area contributed by atoms with E-state index < -0.39 is 0 Å². The number of nitrogens with one attached hydrogen (secondary N) is 1. The van der Waals surface area contributed by atoms with E-state index in [1.54, 1.807) is 7.11 Å². The number of aliphatic hydroxyl groups is 1. The van der Waals surface area contributed by atoms with Crippen molar-refractivity contribution in [2.24, 2.45) is 5.92 Å². The van der Waals surface area contributed by atoms with Crippen molar-refractivity contribution in [2.75, 3.05) is 39.9 Å². The number of aliphatic hydroxyl groups excluding tert-OH is 1. The van der Waals surface area contributed by atoms with Crippen LogP contribution in [0.3, 0.4) is 0 Å². The standard InChI is InChI=1S/C13H28N2O2/c1-11(2)14-8-12-4-6-15(7-5-12)9-13(16)10-17-3/h11-14,16H,4-10H2,1-3H3. The Morgan fingerprint density at radius 1 is 1.35 bits per heavy atom. The number of β-amino-alcohol motifs (C(OH)–C–C–N with tert-alkyl or cyclic N) is 1. The lowest BCUT2D eigenvalue weighted by molar-refractivity contribution is 0.0292. The first-order chi connectivity index (χ1) is 8.11. The van der Waals surface area contributed by atoms with Gasteiger partial charge in [0.25, 0.3) is 0 Å². The van der Waals surface area contributed by atoms with E-state index in [4.69, 9.17) is 4.74 Å². The highest BCUT2D eigenvalue weighted by atomic mass is 16.5. The van der Waals surface area contributed by atoms with Gasteiger partial charge in [-0.25, -0.2) is 0 Å². The van der Waals surface area contributed by atoms with Crippen LogP contribution in [-0.4, -0.2) is 62.0 Å². The van der Waals surface area contributed by atoms with E-state index in [2.05, 4.69) is 24.1 Å². The first kappa shape index (κ1) is 14.9. The molecule has 1 aliphatic rings. The molecule has 1 atom stereocenters. The predicted octanol–water partition coefficient (Wildman–Crippen LogP) is 0.704. The van der Waals surface area contributed by atoms with Gasteiger partial charge < -0.3 is 20.1 Å². The summed E-state index contributed by atoms with van der Waals surface area (Å²) in [4.78, 5) is 2.34. The average Bonchev–Trinajstić information content (AvgIpc) is 2.28. The summed E-state index contributed by atoms with van der Waals surface area (Å²) in [5.41, 5.74) is 0. The quantitative estimate of drug-likeness (QED) is 0.692. The lowest BCUT2D eigenvalue weighted by atomic mass is 9.96. The van der Waals surface area contributed by atoms with Gasteiger partial charge in [0.15, 0.2) is 0 Å². The van der Waals surface area contributed by atoms with E-state index in [1.165, 1.54) is 12.8 Å². The molecule has 0 aliphatic carbocycles. The minimum Gasteiger partial charge on any atom is -0.389 e. The smallest absolute Gasteiger partial charge is 0.0900 e. The molecule has 0 aromatic carbocycles. The molecule has 1 fully saturated rings. The Kier molecular flexibility index (Phi) is 7.04. The SMILES string of the molecule is COCC(O)CN1CCC(CNC(C)C)CC1. The Bertz CT molecular complexity index is 192. The molecule has 4 nitrogen and oxygen atoms in total. The van der Waals surface area contributed by atoms with Crippen LogP contribution in [-0.2, 0) is 4.74 Å². The van der Waals surface area contributed by atoms with Crippen molar-refractivity contribution in [3.05, 3.63) is 0 Å². The molecule has 1 heterocycles. The molecule has 17 heavy (non-hydrogen) atoms. The predicted molar refractivity (Wildman–Crippen MR) is 70.2 cm³/mol. The molecular formula is C13H28N2O2. The van der Waals surface area contributed by atoms with Gasteiger partial charge in [-0.3, -0.25) is 0 Å². The van der Waals surface area contributed by atoms with Crippen molar-refractivity contribution in [1.82, 2.24) is 10.2 Å². The minimum atomic E-state index is -0.342. The van der Waals surface area contributed by atoms with Crippen LogP contribution < -0.4 is 5.32 Å². The Balaban J connectivity index is 2.12. The zero-order valence-corrected chi connectivity index (χ0v) is 11.5. The van der Waals surface area contributed by atoms with Crippen LogP contribution >= 0.6 is 0 Å². The van der Waals surface area contributed by atoms with Crippen LogP contribution in [0.15, 0.2) is 0 Å². The largest absolute Gasteiger partial charge is 0.389 e. The van der Waals surface area contributed by atoms with Crippen molar-refractivity contribution < 1.29 is 9.84 Å². The number of hydrogen-bond donors (Lipinski definition) is 2. The van der Waals surface area contributed by atoms with Crippen molar-refractivity contribution in [3.63, 3.8) is 0 Å². The Labute approximate surface area is 105 Å². The van der Waals surface area contributed by atoms with Gasteiger partial charge in [0.1, 0.15) is 0 Å². The van der Waals surface area contributed by atoms with E-state index >= 15 is 0 Å². The summed E-state index contributed by atoms with van der Waals surface area (Å²) in [6.07, 6.45) is 2.13. The van der Waals surface area contributed by atoms with Gasteiger partial charge in [0.05, 0.1) is 12.7 Å². The lowest BCUT2D eigenvalue weighted by Gasteiger charge is -2.33. The van der Waals surface area contributed by atoms with Crippen LogP contribution in [0.1, 0.15) is 26.7 Å². The van der Waals surface area contributed by atoms with Crippen LogP contribution in [0.5, 0.6) is 0 Å². The second-order valence-electron chi connectivity index (χ2n) is 5.42. The molecule has 2 N–H and O–H groups in total. The van der Waals surface area contributed by atoms with Crippen LogP contribution in [0.2, 0.25) is 0 Å². The molecule has 1 rings (SSSR count). The summed E-state index contributed by atoms with van der Waals surface area (Å²) in [6.45, 7) is 8.90. The minimum absolute atomic E-state index is 0.342. The van der Waals surface area contributed by atoms with Crippen LogP contribution in [0.4, 0.5) is 0 Å². The van der Waals surface area contributed by atoms with Gasteiger partial charge in [0, 0.05) is 19.7 Å². The highest BCUT2D eigenvalue weighted by Gasteiger charge is 2.20. The number of nitrogens with zero attached hydrogens (tertiary/aromatic N) is 1. The molecule has 0 aromatic rings. The average molecular weight is 244 g/mol. The fourth-order valence-corrected chi connectivity index (χ4v) is 2.32. The van der Waals surface area contributed by atoms with E-state index in [9.17, 15) is 5.11 Å². The van der Waals surface area contributed by atoms with E-state index in [-0.39, 0.29) is 6.10 Å². The molecule has 1 aliphatic heterocycles. The van der Waals surface area contributed by atoms with Crippen molar-refractivity contribution in [2.45, 2.75) is 38.8 Å². The summed E-state index contributed by atoms with van der Waals surface area (Å²) >= 11 is 0. The first-order valence-electron chi connectivity index (χ1n) is 6.74. The molecule has 0 saturated carbocycles. The summed E-state index contributed by atoms with van der Waals surface area (Å²) in [7, 11) is 1.63. The number of likely N-dealkylation sites (tertiary alicyclic amines) is 1. The number of ether oxygens (including phenoxy) is 1. The fraction of sp³-hybridized carbons (Fsp3) is 1.00. The molecule has 4 heteroatoms. The van der Waals surface area contributed by atoms with Crippen molar-refractivity contribution in [1.29, 1.82) is 0 Å². The lowest BCUT2D eigenvalue weighted by Crippen LogP contribution is -2.42. The Morgan fingerprint density at radius 2 is 2.00 bits per heavy atom. The van der Waals surface area contributed by atoms with Crippen molar-refractivity contribution >= 4 is 0 Å². The normalized spacial score (nSPS) is 21.0. The zero-order valence-electron chi connectivity index (χ0n) is 11.5. The topological polar surface area (TPSA) is 44.7 Å². The Hall–Kier alpha value is -0.160. The number of hydrogen-bond acceptors (Lipinski definition) is 4. The third-order valence-electron chi connectivity index (χ3n) is 3.35. The molecule has 0 spiro atoms. The fourth-order valence-electron chi connectivity index (χ4n) is 2.32. The van der Waals surface area contributed by atoms with Gasteiger partial charge in [-0.2, -0.15) is 0 Å². The Morgan fingerprint density at radius 3 is 2.53 bits per heavy atom. The molecule has 0 amide bonds. The number of piperidine rings is 1. The van der Waals surface area contributed by atoms with Gasteiger partial charge >= 0.3 is 0 Å². The second kappa shape index (κ2) is 8.03. The summed E-state index contributed by atoms with van der Waals surface area (Å²) in [6, 6.07) is 0.580. The van der Waals surface area contributed by atoms with Crippen LogP contribution in [0.25, 0.3) is 0 Å². The summed E-state index contributed by atoms with van der Waals surface area (Å²) < 4.78 is 4.94. The van der Waals surface area contributed by atoms with Gasteiger partial charge in [0.2, 0.25) is 0 Å². The zero-order chi connectivity index (χ0) is 12.7. The maximum Gasteiger partial charge on any atom is 0.0900 e. The molecule has 102 valence electrons. The maximum atomic E-state index is 9.66. The second-order valence-corrected chi connectivity index (χ2v) is 5.42. The molecular weight excluding hydrogens is 216 g/mol. The highest BCUT2D eigenvalue weighted by Crippen LogP contribution is 2.16. The van der Waals surface area contributed by atoms with Crippen molar-refractivity contribution in [3.8, 4) is 0 Å². The monoisotopic (exact) mass is 244 g/mol. The summed E-state index contributed by atoms with van der Waals surface area (Å²) in [5, 5.41) is 13.2. The van der Waals surface area contributed by atoms with E-state index in [0.717, 1.165) is 32.1 Å². The molecule has 0 aromatic heterocycles. The number of methoxy groups -OCH3 is 1. The van der Waals surface area contributed by atoms with Gasteiger partial charge in [-0.05, 0) is 38.4 Å². The van der Waals surface area contributed by atoms with Crippen LogP contribution in [0, 0.1) is 5.92 Å². The third-order valence-corrected chi connectivity index (χ3v) is 3.35. The first-order valence-corrected chi connectivity index (χ1v) is 6.74. The molecule has 1 saturated heterocycles. The number of rotatable bonds is 7. The maximum absolute atomic E-state index is 9.66. The van der Waals surface area contributed by atoms with E-state index in [1.807, 2.05) is 0 Å². The molecule has 1 unspecified atom stereocenters. The summed E-state index contributed by atoms with van der Waals surface area (Å²) in [5.74, 6) is 0.799. The molecule has 0 radical (unpaired) electrons. The van der Waals surface area contributed by atoms with Gasteiger partial charge in [-0.15, -0.1) is 0 Å².